The smallest absolute Gasteiger partial charge is 0.311 e. The summed E-state index contributed by atoms with van der Waals surface area (Å²) in [6.07, 6.45) is 47.1. The van der Waals surface area contributed by atoms with Crippen LogP contribution in [0.5, 0.6) is 0 Å². The molecule has 0 aromatic carbocycles. The Morgan fingerprint density at radius 3 is 0.342 bits per heavy atom. The van der Waals surface area contributed by atoms with Crippen molar-refractivity contribution in [3.63, 3.8) is 0 Å². The van der Waals surface area contributed by atoms with E-state index in [-0.39, 0.29) is 5.97 Å². The zero-order chi connectivity index (χ0) is 81.7. The number of rotatable bonds is 107. The number of esters is 1. The van der Waals surface area contributed by atoms with Gasteiger partial charge in [0.15, 0.2) is 0 Å². The minimum Gasteiger partial charge on any atom is -0.465 e. The third kappa shape index (κ3) is 101. The third-order valence-corrected chi connectivity index (χ3v) is 19.2. The second kappa shape index (κ2) is 104. The van der Waals surface area contributed by atoms with Crippen molar-refractivity contribution < 1.29 is 104 Å². The van der Waals surface area contributed by atoms with Crippen molar-refractivity contribution in [1.29, 1.82) is 0 Å². The molecule has 114 heavy (non-hydrogen) atoms. The van der Waals surface area contributed by atoms with Crippen LogP contribution in [0.4, 0.5) is 0 Å². The summed E-state index contributed by atoms with van der Waals surface area (Å²) in [6.45, 7) is 40.7. The molecule has 22 nitrogen and oxygen atoms in total. The van der Waals surface area contributed by atoms with Gasteiger partial charge < -0.3 is 99.5 Å². The van der Waals surface area contributed by atoms with Gasteiger partial charge in [-0.05, 0) is 284 Å². The first kappa shape index (κ1) is 113. The van der Waals surface area contributed by atoms with Crippen LogP contribution in [0, 0.1) is 5.41 Å². The molecule has 0 aliphatic heterocycles. The van der Waals surface area contributed by atoms with E-state index < -0.39 is 5.41 Å². The van der Waals surface area contributed by atoms with Gasteiger partial charge in [-0.3, -0.25) is 4.79 Å². The lowest BCUT2D eigenvalue weighted by molar-refractivity contribution is -0.154. The van der Waals surface area contributed by atoms with Gasteiger partial charge in [-0.15, -0.1) is 0 Å². The van der Waals surface area contributed by atoms with E-state index in [4.69, 9.17) is 99.5 Å². The first-order valence-corrected chi connectivity index (χ1v) is 47.3. The summed E-state index contributed by atoms with van der Waals surface area (Å²) in [5.41, 5.74) is -0.397. The predicted octanol–water partition coefficient (Wildman–Crippen LogP) is 19.5. The fraction of sp³-hybridized carbons (Fsp3) is 0.989. The highest BCUT2D eigenvalue weighted by Gasteiger charge is 2.26. The van der Waals surface area contributed by atoms with Crippen LogP contribution in [0.2, 0.25) is 0 Å². The molecule has 0 bridgehead atoms. The summed E-state index contributed by atoms with van der Waals surface area (Å²) >= 11 is 0. The van der Waals surface area contributed by atoms with Crippen molar-refractivity contribution in [2.24, 2.45) is 5.41 Å². The van der Waals surface area contributed by atoms with Crippen LogP contribution in [0.15, 0.2) is 0 Å². The fourth-order valence-electron chi connectivity index (χ4n) is 11.2. The Labute approximate surface area is 699 Å². The molecule has 0 heterocycles. The third-order valence-electron chi connectivity index (χ3n) is 19.2. The van der Waals surface area contributed by atoms with Gasteiger partial charge in [0.1, 0.15) is 0 Å². The van der Waals surface area contributed by atoms with E-state index in [9.17, 15) is 4.79 Å². The quantitative estimate of drug-likeness (QED) is 0.0409. The molecule has 0 aromatic heterocycles. The molecule has 0 aromatic rings. The summed E-state index contributed by atoms with van der Waals surface area (Å²) in [5, 5.41) is 0. The molecule has 0 amide bonds. The number of carbonyl (C=O) groups excluding carboxylic acids is 1. The van der Waals surface area contributed by atoms with Crippen molar-refractivity contribution in [3.8, 4) is 0 Å². The van der Waals surface area contributed by atoms with E-state index in [1.807, 2.05) is 20.8 Å². The molecule has 0 rings (SSSR count). The molecule has 0 fully saturated rings. The van der Waals surface area contributed by atoms with Crippen LogP contribution in [0.1, 0.15) is 317 Å². The van der Waals surface area contributed by atoms with Crippen LogP contribution in [-0.2, 0) is 104 Å². The lowest BCUT2D eigenvalue weighted by atomic mass is 9.91. The highest BCUT2D eigenvalue weighted by molar-refractivity contribution is 5.75. The first-order chi connectivity index (χ1) is 56.5. The van der Waals surface area contributed by atoms with E-state index >= 15 is 0 Å². The first-order valence-electron chi connectivity index (χ1n) is 47.3. The van der Waals surface area contributed by atoms with Gasteiger partial charge in [-0.1, -0.05) is 33.1 Å². The minimum atomic E-state index is -0.397. The molecule has 0 aliphatic carbocycles. The normalized spacial score (nSPS) is 11.9. The maximum absolute atomic E-state index is 12.0. The molecule has 0 N–H and O–H groups in total. The van der Waals surface area contributed by atoms with Crippen molar-refractivity contribution in [1.82, 2.24) is 0 Å². The minimum absolute atomic E-state index is 0.111. The van der Waals surface area contributed by atoms with E-state index in [1.165, 1.54) is 25.7 Å². The zero-order valence-corrected chi connectivity index (χ0v) is 74.8. The Morgan fingerprint density at radius 2 is 0.246 bits per heavy atom. The second-order valence-corrected chi connectivity index (χ2v) is 30.8. The number of ether oxygens (including phenoxy) is 21. The van der Waals surface area contributed by atoms with Crippen molar-refractivity contribution in [2.45, 2.75) is 317 Å². The van der Waals surface area contributed by atoms with Gasteiger partial charge in [0.25, 0.3) is 0 Å². The summed E-state index contributed by atoms with van der Waals surface area (Å²) < 4.78 is 121. The number of hydrogen-bond donors (Lipinski definition) is 0. The standard InChI is InChI=1S/C92H184O22/c1-5-7-8-9-50-94-51-10-11-52-95-53-12-13-54-96-55-14-15-56-97-57-16-17-58-98-59-18-19-60-99-61-20-21-62-100-63-22-23-64-101-65-24-25-66-102-67-26-27-68-103-69-28-29-70-104-71-30-31-72-105-73-32-33-74-106-75-34-35-76-107-77-36-37-78-108-79-38-39-80-109-81-40-41-82-110-83-42-43-84-111-85-44-45-86-112-87-46-47-88-113-89-48-49-90-114-91(93)92(3,4)6-2/h5-90H2,1-4H3. The van der Waals surface area contributed by atoms with Gasteiger partial charge in [0.2, 0.25) is 0 Å². The molecular weight excluding hydrogens is 1460 g/mol. The van der Waals surface area contributed by atoms with E-state index in [1.54, 1.807) is 0 Å². The van der Waals surface area contributed by atoms with Gasteiger partial charge in [-0.25, -0.2) is 0 Å². The molecule has 22 heteroatoms. The van der Waals surface area contributed by atoms with Gasteiger partial charge in [0.05, 0.1) is 12.0 Å². The summed E-state index contributed by atoms with van der Waals surface area (Å²) in [7, 11) is 0. The number of unbranched alkanes of at least 4 members (excludes halogenated alkanes) is 23. The lowest BCUT2D eigenvalue weighted by Crippen LogP contribution is -2.26. The highest BCUT2D eigenvalue weighted by atomic mass is 16.5. The SMILES string of the molecule is CCCCCCOCCCCOCCCCOCCCCOCCCCOCCCCOCCCCOCCCCOCCCCOCCCCOCCCCOCCCCOCCCCOCCCCOCCCCOCCCCOCCCCOCCCCOCCCCOCCCCOCCCCOC(=O)C(C)(C)CC. The van der Waals surface area contributed by atoms with Crippen LogP contribution < -0.4 is 0 Å². The molecule has 0 saturated heterocycles. The second-order valence-electron chi connectivity index (χ2n) is 30.8. The Balaban J connectivity index is 3.11. The predicted molar refractivity (Wildman–Crippen MR) is 460 cm³/mol. The van der Waals surface area contributed by atoms with E-state index in [0.717, 1.165) is 521 Å². The van der Waals surface area contributed by atoms with Gasteiger partial charge in [0, 0.05) is 264 Å². The summed E-state index contributed by atoms with van der Waals surface area (Å²) in [6, 6.07) is 0. The monoisotopic (exact) mass is 1640 g/mol. The Hall–Kier alpha value is -1.33. The Kier molecular flexibility index (Phi) is 103. The number of carbonyl (C=O) groups is 1. The van der Waals surface area contributed by atoms with Crippen LogP contribution in [0.25, 0.3) is 0 Å². The van der Waals surface area contributed by atoms with E-state index in [2.05, 4.69) is 6.92 Å². The molecule has 0 atom stereocenters. The van der Waals surface area contributed by atoms with E-state index in [0.29, 0.717) is 13.2 Å². The molecule has 0 saturated carbocycles. The summed E-state index contributed by atoms with van der Waals surface area (Å²) in [4.78, 5) is 12.0. The highest BCUT2D eigenvalue weighted by Crippen LogP contribution is 2.22. The Bertz CT molecular complexity index is 1690. The average molecular weight is 1640 g/mol. The summed E-state index contributed by atoms with van der Waals surface area (Å²) in [5.74, 6) is -0.111. The average Bonchev–Trinajstić information content (AvgIpc) is 0.899. The Morgan fingerprint density at radius 1 is 0.149 bits per heavy atom. The molecular formula is C92H184O22. The van der Waals surface area contributed by atoms with Crippen molar-refractivity contribution in [2.75, 3.05) is 271 Å². The molecule has 0 radical (unpaired) electrons. The largest absolute Gasteiger partial charge is 0.465 e. The van der Waals surface area contributed by atoms with Crippen LogP contribution >= 0.6 is 0 Å². The molecule has 0 unspecified atom stereocenters. The van der Waals surface area contributed by atoms with Crippen LogP contribution in [-0.4, -0.2) is 277 Å². The van der Waals surface area contributed by atoms with Crippen molar-refractivity contribution in [3.05, 3.63) is 0 Å². The van der Waals surface area contributed by atoms with Crippen LogP contribution in [0.3, 0.4) is 0 Å². The van der Waals surface area contributed by atoms with Gasteiger partial charge in [-0.2, -0.15) is 0 Å². The van der Waals surface area contributed by atoms with Gasteiger partial charge >= 0.3 is 5.97 Å². The maximum atomic E-state index is 12.0. The maximum Gasteiger partial charge on any atom is 0.311 e. The fourth-order valence-corrected chi connectivity index (χ4v) is 11.2. The molecule has 684 valence electrons. The molecule has 0 aliphatic rings. The number of hydrogen-bond acceptors (Lipinski definition) is 22. The molecule has 0 spiro atoms. The van der Waals surface area contributed by atoms with Crippen molar-refractivity contribution >= 4 is 5.97 Å². The zero-order valence-electron chi connectivity index (χ0n) is 74.8. The topological polar surface area (TPSA) is 211 Å². The lowest BCUT2D eigenvalue weighted by Gasteiger charge is -2.20.